The average Bonchev–Trinajstić information content (AvgIpc) is 1.68. The summed E-state index contributed by atoms with van der Waals surface area (Å²) in [5, 5.41) is 0. The molecule has 1 nitrogen and oxygen atoms in total. The van der Waals surface area contributed by atoms with E-state index in [2.05, 4.69) is 0 Å². The Bertz CT molecular complexity index is 40.7. The van der Waals surface area contributed by atoms with Crippen LogP contribution in [-0.2, 0) is 4.74 Å². The Morgan fingerprint density at radius 2 is 2.14 bits per heavy atom. The normalized spacial score (nSPS) is 14.1. The summed E-state index contributed by atoms with van der Waals surface area (Å²) in [4.78, 5) is 0. The van der Waals surface area contributed by atoms with Crippen LogP contribution in [0.5, 0.6) is 0 Å². The molecule has 3 heteroatoms. The molecule has 0 aliphatic carbocycles. The second-order valence-corrected chi connectivity index (χ2v) is 1.77. The molecule has 0 spiro atoms. The van der Waals surface area contributed by atoms with E-state index in [0.717, 1.165) is 0 Å². The third-order valence-corrected chi connectivity index (χ3v) is 1.13. The Balaban J connectivity index is 2.83. The van der Waals surface area contributed by atoms with Crippen molar-refractivity contribution >= 4 is 23.2 Å². The summed E-state index contributed by atoms with van der Waals surface area (Å²) in [6.07, 6.45) is 0.0826. The minimum atomic E-state index is 0.0826. The highest BCUT2D eigenvalue weighted by atomic mass is 35.5. The van der Waals surface area contributed by atoms with E-state index < -0.39 is 0 Å². The Hall–Kier alpha value is 0.540. The van der Waals surface area contributed by atoms with Crippen molar-refractivity contribution in [2.75, 3.05) is 11.9 Å². The number of hydrogen-bond donors (Lipinski definition) is 0. The molecule has 0 unspecified atom stereocenters. The Labute approximate surface area is 53.6 Å². The first-order valence-corrected chi connectivity index (χ1v) is 3.11. The van der Waals surface area contributed by atoms with E-state index in [1.54, 1.807) is 0 Å². The minimum absolute atomic E-state index is 0.0826. The minimum Gasteiger partial charge on any atom is -0.362 e. The zero-order valence-electron chi connectivity index (χ0n) is 4.16. The molecule has 1 atom stereocenters. The van der Waals surface area contributed by atoms with Gasteiger partial charge >= 0.3 is 0 Å². The van der Waals surface area contributed by atoms with Crippen molar-refractivity contribution in [3.63, 3.8) is 0 Å². The van der Waals surface area contributed by atoms with Crippen LogP contribution in [0.15, 0.2) is 0 Å². The highest BCUT2D eigenvalue weighted by molar-refractivity contribution is 6.18. The Morgan fingerprint density at radius 3 is 2.29 bits per heavy atom. The number of ether oxygens (including phenoxy) is 1. The molecule has 0 amide bonds. The van der Waals surface area contributed by atoms with Gasteiger partial charge in [-0.3, -0.25) is 0 Å². The zero-order chi connectivity index (χ0) is 5.70. The highest BCUT2D eigenvalue weighted by Crippen LogP contribution is 1.93. The van der Waals surface area contributed by atoms with Gasteiger partial charge in [-0.05, 0) is 6.92 Å². The molecule has 0 aromatic rings. The Morgan fingerprint density at radius 1 is 1.57 bits per heavy atom. The number of rotatable bonds is 3. The van der Waals surface area contributed by atoms with Crippen LogP contribution >= 0.6 is 23.2 Å². The van der Waals surface area contributed by atoms with Crippen LogP contribution in [0.2, 0.25) is 0 Å². The molecule has 0 radical (unpaired) electrons. The fraction of sp³-hybridized carbons (Fsp3) is 1.00. The first-order valence-electron chi connectivity index (χ1n) is 2.04. The van der Waals surface area contributed by atoms with E-state index in [-0.39, 0.29) is 12.2 Å². The third kappa shape index (κ3) is 4.39. The second kappa shape index (κ2) is 4.69. The standard InChI is InChI=1S/C4H8Cl2O/c1-4(2-5)7-3-6/h4H,2-3H2,1H3/t4-/m0/s1. The molecule has 44 valence electrons. The number of hydrogen-bond acceptors (Lipinski definition) is 1. The lowest BCUT2D eigenvalue weighted by molar-refractivity contribution is 0.119. The predicted octanol–water partition coefficient (Wildman–Crippen LogP) is 1.83. The summed E-state index contributed by atoms with van der Waals surface area (Å²) >= 11 is 10.5. The first-order chi connectivity index (χ1) is 3.31. The van der Waals surface area contributed by atoms with Gasteiger partial charge in [0.1, 0.15) is 6.07 Å². The van der Waals surface area contributed by atoms with Crippen LogP contribution in [0.25, 0.3) is 0 Å². The molecule has 0 rings (SSSR count). The zero-order valence-corrected chi connectivity index (χ0v) is 5.67. The van der Waals surface area contributed by atoms with Crippen LogP contribution < -0.4 is 0 Å². The summed E-state index contributed by atoms with van der Waals surface area (Å²) < 4.78 is 4.82. The van der Waals surface area contributed by atoms with Crippen LogP contribution in [0.4, 0.5) is 0 Å². The fourth-order valence-electron chi connectivity index (χ4n) is 0.152. The first kappa shape index (κ1) is 7.54. The summed E-state index contributed by atoms with van der Waals surface area (Å²) in [5.74, 6) is 0.507. The van der Waals surface area contributed by atoms with Crippen molar-refractivity contribution in [3.8, 4) is 0 Å². The van der Waals surface area contributed by atoms with Gasteiger partial charge in [-0.25, -0.2) is 0 Å². The van der Waals surface area contributed by atoms with Crippen LogP contribution in [-0.4, -0.2) is 18.1 Å². The lowest BCUT2D eigenvalue weighted by Gasteiger charge is -2.03. The molecular weight excluding hydrogens is 135 g/mol. The molecule has 0 saturated carbocycles. The predicted molar refractivity (Wildman–Crippen MR) is 32.0 cm³/mol. The molecular formula is C4H8Cl2O. The largest absolute Gasteiger partial charge is 0.362 e. The van der Waals surface area contributed by atoms with Gasteiger partial charge in [0, 0.05) is 5.88 Å². The molecule has 0 bridgehead atoms. The van der Waals surface area contributed by atoms with Crippen LogP contribution in [0.1, 0.15) is 6.92 Å². The van der Waals surface area contributed by atoms with Gasteiger partial charge in [-0.2, -0.15) is 0 Å². The molecule has 0 heterocycles. The van der Waals surface area contributed by atoms with Gasteiger partial charge < -0.3 is 4.74 Å². The van der Waals surface area contributed by atoms with Gasteiger partial charge in [0.15, 0.2) is 0 Å². The maximum atomic E-state index is 5.35. The quantitative estimate of drug-likeness (QED) is 0.547. The maximum absolute atomic E-state index is 5.35. The van der Waals surface area contributed by atoms with Gasteiger partial charge in [-0.1, -0.05) is 11.6 Å². The van der Waals surface area contributed by atoms with Crippen molar-refractivity contribution in [2.45, 2.75) is 13.0 Å². The van der Waals surface area contributed by atoms with Crippen LogP contribution in [0, 0.1) is 0 Å². The molecule has 0 saturated heterocycles. The lowest BCUT2D eigenvalue weighted by atomic mass is 10.5. The fourth-order valence-corrected chi connectivity index (χ4v) is 0.456. The topological polar surface area (TPSA) is 9.23 Å². The smallest absolute Gasteiger partial charge is 0.121 e. The molecule has 0 aromatic carbocycles. The van der Waals surface area contributed by atoms with Gasteiger partial charge in [-0.15, -0.1) is 11.6 Å². The molecule has 0 N–H and O–H groups in total. The van der Waals surface area contributed by atoms with Gasteiger partial charge in [0.05, 0.1) is 6.10 Å². The summed E-state index contributed by atoms with van der Waals surface area (Å²) in [6, 6.07) is 0.230. The summed E-state index contributed by atoms with van der Waals surface area (Å²) in [6.45, 7) is 1.87. The van der Waals surface area contributed by atoms with Crippen molar-refractivity contribution in [1.29, 1.82) is 0 Å². The molecule has 7 heavy (non-hydrogen) atoms. The van der Waals surface area contributed by atoms with Crippen molar-refractivity contribution in [1.82, 2.24) is 0 Å². The van der Waals surface area contributed by atoms with E-state index in [9.17, 15) is 0 Å². The van der Waals surface area contributed by atoms with Crippen LogP contribution in [0.3, 0.4) is 0 Å². The number of alkyl halides is 2. The van der Waals surface area contributed by atoms with Gasteiger partial charge in [0.25, 0.3) is 0 Å². The SMILES string of the molecule is C[C@@H](CCl)OCCl. The van der Waals surface area contributed by atoms with E-state index in [1.807, 2.05) is 6.92 Å². The molecule has 0 aliphatic rings. The Kier molecular flexibility index (Phi) is 5.05. The third-order valence-electron chi connectivity index (χ3n) is 0.565. The maximum Gasteiger partial charge on any atom is 0.121 e. The second-order valence-electron chi connectivity index (χ2n) is 1.24. The van der Waals surface area contributed by atoms with Gasteiger partial charge in [0.2, 0.25) is 0 Å². The highest BCUT2D eigenvalue weighted by Gasteiger charge is 1.94. The lowest BCUT2D eigenvalue weighted by Crippen LogP contribution is -2.07. The molecule has 0 fully saturated rings. The van der Waals surface area contributed by atoms with Crippen molar-refractivity contribution < 1.29 is 4.74 Å². The van der Waals surface area contributed by atoms with E-state index in [4.69, 9.17) is 27.9 Å². The van der Waals surface area contributed by atoms with E-state index >= 15 is 0 Å². The molecule has 0 aliphatic heterocycles. The molecule has 0 aromatic heterocycles. The average molecular weight is 143 g/mol. The van der Waals surface area contributed by atoms with E-state index in [0.29, 0.717) is 5.88 Å². The van der Waals surface area contributed by atoms with Crippen molar-refractivity contribution in [3.05, 3.63) is 0 Å². The summed E-state index contributed by atoms with van der Waals surface area (Å²) in [5.41, 5.74) is 0. The summed E-state index contributed by atoms with van der Waals surface area (Å²) in [7, 11) is 0. The van der Waals surface area contributed by atoms with E-state index in [1.165, 1.54) is 0 Å². The monoisotopic (exact) mass is 142 g/mol. The number of halogens is 2. The van der Waals surface area contributed by atoms with Crippen molar-refractivity contribution in [2.24, 2.45) is 0 Å².